The van der Waals surface area contributed by atoms with Crippen molar-refractivity contribution in [1.29, 1.82) is 0 Å². The zero-order valence-electron chi connectivity index (χ0n) is 18.0. The molecule has 0 unspecified atom stereocenters. The second kappa shape index (κ2) is 8.79. The Bertz CT molecular complexity index is 1430. The molecule has 164 valence electrons. The molecule has 0 saturated heterocycles. The number of ether oxygens (including phenoxy) is 1. The van der Waals surface area contributed by atoms with Gasteiger partial charge < -0.3 is 10.1 Å². The summed E-state index contributed by atoms with van der Waals surface area (Å²) in [4.78, 5) is 18.5. The highest BCUT2D eigenvalue weighted by atomic mass is 32.1. The van der Waals surface area contributed by atoms with E-state index in [-0.39, 0.29) is 18.0 Å². The molecule has 0 saturated carbocycles. The fourth-order valence-electron chi connectivity index (χ4n) is 3.56. The lowest BCUT2D eigenvalue weighted by molar-refractivity contribution is 0.0528. The number of carbonyl (C=O) groups is 1. The predicted octanol–water partition coefficient (Wildman–Crippen LogP) is 5.14. The molecule has 0 aliphatic carbocycles. The standard InChI is InChI=1S/C24H20N6O2S/c1-3-32-22(31)19-18(16-10-6-4-7-11-16)20(17-12-8-5-9-13-17)27-28-21(19)25-23-26-24-30(29-23)15(2)14-33-24/h4-14H,3H2,1-2H3,(H,25,28,29). The van der Waals surface area contributed by atoms with E-state index in [0.29, 0.717) is 17.2 Å². The average Bonchev–Trinajstić information content (AvgIpc) is 3.41. The van der Waals surface area contributed by atoms with Crippen LogP contribution in [0.25, 0.3) is 27.3 Å². The Morgan fingerprint density at radius 3 is 2.39 bits per heavy atom. The summed E-state index contributed by atoms with van der Waals surface area (Å²) in [6.45, 7) is 3.95. The molecular weight excluding hydrogens is 436 g/mol. The highest BCUT2D eigenvalue weighted by Gasteiger charge is 2.26. The van der Waals surface area contributed by atoms with Crippen LogP contribution in [0.3, 0.4) is 0 Å². The fourth-order valence-corrected chi connectivity index (χ4v) is 4.36. The molecular formula is C24H20N6O2S. The van der Waals surface area contributed by atoms with Gasteiger partial charge in [0.15, 0.2) is 5.82 Å². The number of rotatable bonds is 6. The lowest BCUT2D eigenvalue weighted by Gasteiger charge is -2.16. The molecule has 3 heterocycles. The maximum Gasteiger partial charge on any atom is 0.342 e. The van der Waals surface area contributed by atoms with Crippen LogP contribution >= 0.6 is 11.3 Å². The van der Waals surface area contributed by atoms with Crippen molar-refractivity contribution in [3.05, 3.63) is 77.3 Å². The average molecular weight is 457 g/mol. The summed E-state index contributed by atoms with van der Waals surface area (Å²) in [7, 11) is 0. The zero-order chi connectivity index (χ0) is 22.8. The van der Waals surface area contributed by atoms with Gasteiger partial charge in [-0.3, -0.25) is 0 Å². The van der Waals surface area contributed by atoms with E-state index < -0.39 is 5.97 Å². The fraction of sp³-hybridized carbons (Fsp3) is 0.125. The molecule has 5 rings (SSSR count). The first kappa shape index (κ1) is 20.8. The monoisotopic (exact) mass is 456 g/mol. The summed E-state index contributed by atoms with van der Waals surface area (Å²) in [5, 5.41) is 18.4. The summed E-state index contributed by atoms with van der Waals surface area (Å²) in [5.41, 5.74) is 4.15. The van der Waals surface area contributed by atoms with Crippen LogP contribution in [-0.2, 0) is 4.74 Å². The number of esters is 1. The third-order valence-electron chi connectivity index (χ3n) is 5.04. The molecule has 0 fully saturated rings. The number of nitrogens with zero attached hydrogens (tertiary/aromatic N) is 5. The molecule has 2 aromatic carbocycles. The smallest absolute Gasteiger partial charge is 0.342 e. The highest BCUT2D eigenvalue weighted by Crippen LogP contribution is 2.37. The van der Waals surface area contributed by atoms with E-state index in [0.717, 1.165) is 21.8 Å². The van der Waals surface area contributed by atoms with Crippen LogP contribution in [0.15, 0.2) is 66.0 Å². The number of thiazole rings is 1. The second-order valence-corrected chi connectivity index (χ2v) is 8.07. The number of aromatic nitrogens is 5. The molecule has 0 spiro atoms. The minimum atomic E-state index is -0.497. The Labute approximate surface area is 193 Å². The maximum absolute atomic E-state index is 13.2. The number of carbonyl (C=O) groups excluding carboxylic acids is 1. The molecule has 3 aromatic heterocycles. The van der Waals surface area contributed by atoms with Gasteiger partial charge >= 0.3 is 5.97 Å². The van der Waals surface area contributed by atoms with Crippen molar-refractivity contribution in [2.45, 2.75) is 13.8 Å². The van der Waals surface area contributed by atoms with E-state index in [2.05, 4.69) is 25.6 Å². The van der Waals surface area contributed by atoms with Crippen molar-refractivity contribution in [3.63, 3.8) is 0 Å². The molecule has 0 atom stereocenters. The lowest BCUT2D eigenvalue weighted by Crippen LogP contribution is -2.14. The number of hydrogen-bond acceptors (Lipinski definition) is 8. The van der Waals surface area contributed by atoms with E-state index in [1.165, 1.54) is 11.3 Å². The maximum atomic E-state index is 13.2. The largest absolute Gasteiger partial charge is 0.462 e. The number of aryl methyl sites for hydroxylation is 1. The third-order valence-corrected chi connectivity index (χ3v) is 5.97. The molecule has 8 nitrogen and oxygen atoms in total. The first-order valence-corrected chi connectivity index (χ1v) is 11.3. The van der Waals surface area contributed by atoms with Gasteiger partial charge in [0.2, 0.25) is 10.9 Å². The lowest BCUT2D eigenvalue weighted by atomic mass is 9.95. The predicted molar refractivity (Wildman–Crippen MR) is 128 cm³/mol. The molecule has 5 aromatic rings. The summed E-state index contributed by atoms with van der Waals surface area (Å²) in [5.74, 6) is 0.0716. The minimum absolute atomic E-state index is 0.229. The van der Waals surface area contributed by atoms with Gasteiger partial charge in [-0.1, -0.05) is 60.7 Å². The van der Waals surface area contributed by atoms with E-state index in [4.69, 9.17) is 4.74 Å². The first-order valence-electron chi connectivity index (χ1n) is 10.4. The molecule has 0 bridgehead atoms. The van der Waals surface area contributed by atoms with Gasteiger partial charge in [0.25, 0.3) is 0 Å². The quantitative estimate of drug-likeness (QED) is 0.353. The Hall–Kier alpha value is -4.11. The summed E-state index contributed by atoms with van der Waals surface area (Å²) in [6.07, 6.45) is 0. The molecule has 0 amide bonds. The van der Waals surface area contributed by atoms with Crippen molar-refractivity contribution in [1.82, 2.24) is 24.8 Å². The topological polar surface area (TPSA) is 94.3 Å². The summed E-state index contributed by atoms with van der Waals surface area (Å²) < 4.78 is 7.17. The van der Waals surface area contributed by atoms with Crippen LogP contribution in [-0.4, -0.2) is 37.4 Å². The normalized spacial score (nSPS) is 11.0. The summed E-state index contributed by atoms with van der Waals surface area (Å²) in [6, 6.07) is 19.3. The number of benzene rings is 2. The number of fused-ring (bicyclic) bond motifs is 1. The number of nitrogens with one attached hydrogen (secondary N) is 1. The molecule has 0 aliphatic rings. The molecule has 0 radical (unpaired) electrons. The molecule has 1 N–H and O–H groups in total. The molecule has 33 heavy (non-hydrogen) atoms. The third kappa shape index (κ3) is 3.94. The zero-order valence-corrected chi connectivity index (χ0v) is 18.8. The van der Waals surface area contributed by atoms with Gasteiger partial charge in [-0.2, -0.15) is 4.98 Å². The van der Waals surface area contributed by atoms with Gasteiger partial charge in [0.1, 0.15) is 11.3 Å². The minimum Gasteiger partial charge on any atom is -0.462 e. The van der Waals surface area contributed by atoms with E-state index in [9.17, 15) is 4.79 Å². The van der Waals surface area contributed by atoms with Crippen molar-refractivity contribution in [2.75, 3.05) is 11.9 Å². The Morgan fingerprint density at radius 2 is 1.73 bits per heavy atom. The van der Waals surface area contributed by atoms with Crippen molar-refractivity contribution >= 4 is 34.0 Å². The number of anilines is 2. The van der Waals surface area contributed by atoms with Crippen molar-refractivity contribution in [2.24, 2.45) is 0 Å². The number of hydrogen-bond donors (Lipinski definition) is 1. The van der Waals surface area contributed by atoms with E-state index in [1.807, 2.05) is 73.0 Å². The van der Waals surface area contributed by atoms with Crippen LogP contribution in [0.1, 0.15) is 23.0 Å². The highest BCUT2D eigenvalue weighted by molar-refractivity contribution is 7.15. The Kier molecular flexibility index (Phi) is 5.54. The van der Waals surface area contributed by atoms with Gasteiger partial charge in [-0.05, 0) is 19.4 Å². The van der Waals surface area contributed by atoms with Gasteiger partial charge in [0, 0.05) is 16.5 Å². The van der Waals surface area contributed by atoms with Crippen LogP contribution in [0.2, 0.25) is 0 Å². The van der Waals surface area contributed by atoms with Crippen LogP contribution < -0.4 is 5.32 Å². The van der Waals surface area contributed by atoms with Crippen molar-refractivity contribution < 1.29 is 9.53 Å². The van der Waals surface area contributed by atoms with Crippen LogP contribution in [0.4, 0.5) is 11.8 Å². The van der Waals surface area contributed by atoms with Crippen molar-refractivity contribution in [3.8, 4) is 22.4 Å². The van der Waals surface area contributed by atoms with Gasteiger partial charge in [-0.25, -0.2) is 9.31 Å². The van der Waals surface area contributed by atoms with Gasteiger partial charge in [0.05, 0.1) is 12.3 Å². The Morgan fingerprint density at radius 1 is 1.03 bits per heavy atom. The second-order valence-electron chi connectivity index (χ2n) is 7.23. The van der Waals surface area contributed by atoms with Gasteiger partial charge in [-0.15, -0.1) is 26.6 Å². The Balaban J connectivity index is 1.72. The summed E-state index contributed by atoms with van der Waals surface area (Å²) >= 11 is 1.49. The van der Waals surface area contributed by atoms with E-state index >= 15 is 0 Å². The van der Waals surface area contributed by atoms with E-state index in [1.54, 1.807) is 11.4 Å². The first-order chi connectivity index (χ1) is 16.2. The molecule has 0 aliphatic heterocycles. The SMILES string of the molecule is CCOC(=O)c1c(Nc2nc3scc(C)n3n2)nnc(-c2ccccc2)c1-c1ccccc1. The van der Waals surface area contributed by atoms with Crippen LogP contribution in [0, 0.1) is 6.92 Å². The van der Waals surface area contributed by atoms with Crippen LogP contribution in [0.5, 0.6) is 0 Å². The molecule has 9 heteroatoms.